The molecule has 0 aliphatic heterocycles. The van der Waals surface area contributed by atoms with Crippen LogP contribution in [0.3, 0.4) is 0 Å². The lowest BCUT2D eigenvalue weighted by atomic mass is 10.1. The predicted octanol–water partition coefficient (Wildman–Crippen LogP) is 5.92. The summed E-state index contributed by atoms with van der Waals surface area (Å²) in [4.78, 5) is 43.5. The number of hydrogen-bond acceptors (Lipinski definition) is 5. The molecule has 0 spiro atoms. The van der Waals surface area contributed by atoms with E-state index in [0.29, 0.717) is 17.1 Å². The monoisotopic (exact) mass is 536 g/mol. The lowest BCUT2D eigenvalue weighted by Gasteiger charge is -2.13. The van der Waals surface area contributed by atoms with Crippen molar-refractivity contribution in [1.82, 2.24) is 10.3 Å². The van der Waals surface area contributed by atoms with Crippen LogP contribution in [-0.2, 0) is 9.59 Å². The van der Waals surface area contributed by atoms with Gasteiger partial charge in [0.2, 0.25) is 5.91 Å². The normalized spacial score (nSPS) is 11.8. The zero-order valence-electron chi connectivity index (χ0n) is 21.5. The Morgan fingerprint density at radius 3 is 2.18 bits per heavy atom. The molecule has 0 aliphatic rings. The van der Waals surface area contributed by atoms with Crippen LogP contribution < -0.4 is 16.0 Å². The third kappa shape index (κ3) is 8.15. The summed E-state index contributed by atoms with van der Waals surface area (Å²) in [7, 11) is 0. The van der Waals surface area contributed by atoms with Crippen molar-refractivity contribution < 1.29 is 14.4 Å². The fraction of sp³-hybridized carbons (Fsp3) is 0.0968. The summed E-state index contributed by atoms with van der Waals surface area (Å²) in [6, 6.07) is 28.9. The Morgan fingerprint density at radius 1 is 0.821 bits per heavy atom. The molecule has 1 atom stereocenters. The molecule has 39 heavy (non-hydrogen) atoms. The summed E-state index contributed by atoms with van der Waals surface area (Å²) in [5.41, 5.74) is 2.99. The molecular weight excluding hydrogens is 508 g/mol. The molecule has 0 saturated carbocycles. The fourth-order valence-corrected chi connectivity index (χ4v) is 4.38. The molecule has 4 aromatic rings. The number of pyridine rings is 1. The minimum absolute atomic E-state index is 0.117. The highest BCUT2D eigenvalue weighted by Gasteiger charge is 2.17. The van der Waals surface area contributed by atoms with E-state index in [1.54, 1.807) is 60.8 Å². The summed E-state index contributed by atoms with van der Waals surface area (Å²) in [6.45, 7) is 3.80. The molecule has 3 amide bonds. The number of amides is 3. The topological polar surface area (TPSA) is 100 Å². The van der Waals surface area contributed by atoms with Gasteiger partial charge in [-0.15, -0.1) is 11.8 Å². The van der Waals surface area contributed by atoms with Crippen LogP contribution in [0, 0.1) is 6.92 Å². The van der Waals surface area contributed by atoms with Gasteiger partial charge in [-0.1, -0.05) is 54.1 Å². The van der Waals surface area contributed by atoms with Crippen molar-refractivity contribution in [2.45, 2.75) is 24.0 Å². The van der Waals surface area contributed by atoms with Crippen molar-refractivity contribution in [2.24, 2.45) is 0 Å². The van der Waals surface area contributed by atoms with Crippen molar-refractivity contribution in [3.63, 3.8) is 0 Å². The second-order valence-corrected chi connectivity index (χ2v) is 10.1. The largest absolute Gasteiger partial charge is 0.321 e. The van der Waals surface area contributed by atoms with Crippen LogP contribution in [0.1, 0.15) is 28.4 Å². The molecule has 8 heteroatoms. The Hall–Kier alpha value is -4.69. The molecule has 3 N–H and O–H groups in total. The van der Waals surface area contributed by atoms with Crippen molar-refractivity contribution in [1.29, 1.82) is 0 Å². The fourth-order valence-electron chi connectivity index (χ4n) is 3.51. The van der Waals surface area contributed by atoms with Crippen LogP contribution in [0.2, 0.25) is 0 Å². The Kier molecular flexibility index (Phi) is 9.26. The lowest BCUT2D eigenvalue weighted by molar-refractivity contribution is -0.115. The van der Waals surface area contributed by atoms with Gasteiger partial charge in [0.05, 0.1) is 5.25 Å². The summed E-state index contributed by atoms with van der Waals surface area (Å²) >= 11 is 1.39. The number of rotatable bonds is 9. The molecule has 3 aromatic carbocycles. The highest BCUT2D eigenvalue weighted by molar-refractivity contribution is 8.00. The number of aryl methyl sites for hydroxylation is 1. The number of thioether (sulfide) groups is 1. The van der Waals surface area contributed by atoms with E-state index in [-0.39, 0.29) is 22.8 Å². The average molecular weight is 537 g/mol. The number of carbonyl (C=O) groups is 3. The SMILES string of the molecule is Cc1ccc(/C=C(\NC(=O)c2ccccc2)C(=O)Nc2ccc(SC(C)C(=O)Nc3ccccn3)cc2)cc1. The number of aromatic nitrogens is 1. The van der Waals surface area contributed by atoms with E-state index >= 15 is 0 Å². The third-order valence-corrected chi connectivity index (χ3v) is 6.74. The second-order valence-electron chi connectivity index (χ2n) is 8.73. The van der Waals surface area contributed by atoms with E-state index in [9.17, 15) is 14.4 Å². The van der Waals surface area contributed by atoms with Gasteiger partial charge in [-0.3, -0.25) is 14.4 Å². The highest BCUT2D eigenvalue weighted by atomic mass is 32.2. The lowest BCUT2D eigenvalue weighted by Crippen LogP contribution is -2.30. The second kappa shape index (κ2) is 13.2. The molecule has 0 bridgehead atoms. The molecule has 0 fully saturated rings. The van der Waals surface area contributed by atoms with Crippen LogP contribution in [-0.4, -0.2) is 28.0 Å². The van der Waals surface area contributed by atoms with E-state index in [0.717, 1.165) is 16.0 Å². The van der Waals surface area contributed by atoms with E-state index in [1.807, 2.05) is 62.4 Å². The number of anilines is 2. The van der Waals surface area contributed by atoms with E-state index in [1.165, 1.54) is 11.8 Å². The van der Waals surface area contributed by atoms with Crippen LogP contribution in [0.5, 0.6) is 0 Å². The molecule has 1 heterocycles. The molecule has 0 radical (unpaired) electrons. The maximum atomic E-state index is 13.2. The predicted molar refractivity (Wildman–Crippen MR) is 156 cm³/mol. The number of nitrogens with one attached hydrogen (secondary N) is 3. The van der Waals surface area contributed by atoms with Gasteiger partial charge in [-0.05, 0) is 74.0 Å². The van der Waals surface area contributed by atoms with Gasteiger partial charge in [0.15, 0.2) is 0 Å². The average Bonchev–Trinajstić information content (AvgIpc) is 2.95. The van der Waals surface area contributed by atoms with Crippen molar-refractivity contribution in [3.05, 3.63) is 126 Å². The molecular formula is C31H28N4O3S. The third-order valence-electron chi connectivity index (χ3n) is 5.63. The molecule has 0 saturated heterocycles. The van der Waals surface area contributed by atoms with E-state index in [2.05, 4.69) is 20.9 Å². The standard InChI is InChI=1S/C31H28N4O3S/c1-21-11-13-23(14-12-21)20-27(34-30(37)24-8-4-3-5-9-24)31(38)33-25-15-17-26(18-16-25)39-22(2)29(36)35-28-10-6-7-19-32-28/h3-20,22H,1-2H3,(H,33,38)(H,34,37)(H,32,35,36)/b27-20-. The highest BCUT2D eigenvalue weighted by Crippen LogP contribution is 2.25. The first kappa shape index (κ1) is 27.3. The van der Waals surface area contributed by atoms with E-state index < -0.39 is 5.91 Å². The van der Waals surface area contributed by atoms with Gasteiger partial charge in [-0.2, -0.15) is 0 Å². The summed E-state index contributed by atoms with van der Waals surface area (Å²) in [6.07, 6.45) is 3.26. The molecule has 1 unspecified atom stereocenters. The van der Waals surface area contributed by atoms with Crippen LogP contribution in [0.15, 0.2) is 114 Å². The number of carbonyl (C=O) groups excluding carboxylic acids is 3. The van der Waals surface area contributed by atoms with Gasteiger partial charge >= 0.3 is 0 Å². The van der Waals surface area contributed by atoms with Crippen LogP contribution >= 0.6 is 11.8 Å². The first-order valence-corrected chi connectivity index (χ1v) is 13.2. The quantitative estimate of drug-likeness (QED) is 0.182. The summed E-state index contributed by atoms with van der Waals surface area (Å²) in [5.74, 6) is -0.491. The number of benzene rings is 3. The molecule has 0 aliphatic carbocycles. The Balaban J connectivity index is 1.43. The zero-order valence-corrected chi connectivity index (χ0v) is 22.4. The van der Waals surface area contributed by atoms with Gasteiger partial charge in [0.1, 0.15) is 11.5 Å². The van der Waals surface area contributed by atoms with Crippen LogP contribution in [0.4, 0.5) is 11.5 Å². The van der Waals surface area contributed by atoms with E-state index in [4.69, 9.17) is 0 Å². The zero-order chi connectivity index (χ0) is 27.6. The van der Waals surface area contributed by atoms with Crippen molar-refractivity contribution in [3.8, 4) is 0 Å². The summed E-state index contributed by atoms with van der Waals surface area (Å²) in [5, 5.41) is 8.03. The van der Waals surface area contributed by atoms with Crippen molar-refractivity contribution in [2.75, 3.05) is 10.6 Å². The van der Waals surface area contributed by atoms with Crippen molar-refractivity contribution >= 4 is 47.1 Å². The first-order valence-electron chi connectivity index (χ1n) is 12.3. The van der Waals surface area contributed by atoms with Gasteiger partial charge in [0, 0.05) is 22.3 Å². The molecule has 196 valence electrons. The molecule has 1 aromatic heterocycles. The number of nitrogens with zero attached hydrogens (tertiary/aromatic N) is 1. The molecule has 7 nitrogen and oxygen atoms in total. The minimum atomic E-state index is -0.455. The Morgan fingerprint density at radius 2 is 1.51 bits per heavy atom. The van der Waals surface area contributed by atoms with Crippen LogP contribution in [0.25, 0.3) is 6.08 Å². The minimum Gasteiger partial charge on any atom is -0.321 e. The summed E-state index contributed by atoms with van der Waals surface area (Å²) < 4.78 is 0. The molecule has 4 rings (SSSR count). The maximum Gasteiger partial charge on any atom is 0.272 e. The number of hydrogen-bond donors (Lipinski definition) is 3. The Labute approximate surface area is 231 Å². The van der Waals surface area contributed by atoms with Gasteiger partial charge in [0.25, 0.3) is 11.8 Å². The van der Waals surface area contributed by atoms with Gasteiger partial charge < -0.3 is 16.0 Å². The first-order chi connectivity index (χ1) is 18.9. The van der Waals surface area contributed by atoms with Gasteiger partial charge in [-0.25, -0.2) is 4.98 Å². The smallest absolute Gasteiger partial charge is 0.272 e. The maximum absolute atomic E-state index is 13.2. The Bertz CT molecular complexity index is 1460.